The third-order valence-electron chi connectivity index (χ3n) is 4.98. The molecule has 0 atom stereocenters. The van der Waals surface area contributed by atoms with Crippen LogP contribution in [0.5, 0.6) is 5.75 Å². The number of piperidine rings is 1. The minimum absolute atomic E-state index is 0.0383. The van der Waals surface area contributed by atoms with Gasteiger partial charge in [-0.2, -0.15) is 0 Å². The summed E-state index contributed by atoms with van der Waals surface area (Å²) >= 11 is 1.49. The van der Waals surface area contributed by atoms with E-state index >= 15 is 0 Å². The van der Waals surface area contributed by atoms with Gasteiger partial charge in [-0.05, 0) is 55.3 Å². The van der Waals surface area contributed by atoms with E-state index in [0.717, 1.165) is 17.9 Å². The second kappa shape index (κ2) is 9.59. The Balaban J connectivity index is 1.50. The summed E-state index contributed by atoms with van der Waals surface area (Å²) in [5.74, 6) is 0.973. The molecule has 1 N–H and O–H groups in total. The van der Waals surface area contributed by atoms with Gasteiger partial charge in [0.15, 0.2) is 0 Å². The van der Waals surface area contributed by atoms with Crippen molar-refractivity contribution in [3.8, 4) is 5.75 Å². The van der Waals surface area contributed by atoms with E-state index in [1.807, 2.05) is 23.3 Å². The third-order valence-corrected chi connectivity index (χ3v) is 5.69. The quantitative estimate of drug-likeness (QED) is 0.756. The fourth-order valence-corrected chi connectivity index (χ4v) is 3.87. The Morgan fingerprint density at radius 3 is 2.75 bits per heavy atom. The van der Waals surface area contributed by atoms with E-state index in [9.17, 15) is 9.59 Å². The number of methoxy groups -OCH3 is 1. The molecule has 0 unspecified atom stereocenters. The zero-order valence-electron chi connectivity index (χ0n) is 16.2. The maximum absolute atomic E-state index is 12.8. The maximum atomic E-state index is 12.8. The summed E-state index contributed by atoms with van der Waals surface area (Å²) in [5, 5.41) is 3.77. The first kappa shape index (κ1) is 20.2. The van der Waals surface area contributed by atoms with Crippen LogP contribution in [0.25, 0.3) is 0 Å². The number of hydrogen-bond acceptors (Lipinski definition) is 5. The first-order chi connectivity index (χ1) is 13.6. The van der Waals surface area contributed by atoms with Crippen LogP contribution in [-0.2, 0) is 0 Å². The molecule has 0 spiro atoms. The number of nitrogens with zero attached hydrogens (tertiary/aromatic N) is 2. The molecule has 1 aliphatic heterocycles. The van der Waals surface area contributed by atoms with Gasteiger partial charge in [0.1, 0.15) is 10.8 Å². The highest BCUT2D eigenvalue weighted by atomic mass is 32.2. The van der Waals surface area contributed by atoms with Crippen LogP contribution in [0.3, 0.4) is 0 Å². The number of ether oxygens (including phenoxy) is 1. The van der Waals surface area contributed by atoms with Crippen LogP contribution >= 0.6 is 11.8 Å². The largest absolute Gasteiger partial charge is 0.497 e. The predicted molar refractivity (Wildman–Crippen MR) is 110 cm³/mol. The fourth-order valence-electron chi connectivity index (χ4n) is 3.33. The van der Waals surface area contributed by atoms with Crippen LogP contribution in [-0.4, -0.2) is 54.7 Å². The van der Waals surface area contributed by atoms with Crippen LogP contribution in [0.1, 0.15) is 33.6 Å². The van der Waals surface area contributed by atoms with Crippen molar-refractivity contribution >= 4 is 23.6 Å². The van der Waals surface area contributed by atoms with Crippen LogP contribution in [0, 0.1) is 5.92 Å². The molecule has 0 radical (unpaired) electrons. The van der Waals surface area contributed by atoms with Crippen LogP contribution in [0.15, 0.2) is 47.6 Å². The van der Waals surface area contributed by atoms with Crippen molar-refractivity contribution in [1.29, 1.82) is 0 Å². The van der Waals surface area contributed by atoms with Crippen molar-refractivity contribution in [2.45, 2.75) is 17.9 Å². The number of thioether (sulfide) groups is 1. The molecule has 0 bridgehead atoms. The average Bonchev–Trinajstić information content (AvgIpc) is 2.77. The smallest absolute Gasteiger partial charge is 0.256 e. The van der Waals surface area contributed by atoms with Crippen LogP contribution in [0.2, 0.25) is 0 Å². The molecule has 6 nitrogen and oxygen atoms in total. The maximum Gasteiger partial charge on any atom is 0.256 e. The van der Waals surface area contributed by atoms with E-state index in [1.165, 1.54) is 11.8 Å². The van der Waals surface area contributed by atoms with Gasteiger partial charge in [0.05, 0.1) is 12.7 Å². The standard InChI is InChI=1S/C21H25N3O3S/c1-27-17-6-3-5-16(13-17)19(25)23-14-15-8-11-24(12-9-15)21(26)18-7-4-10-22-20(18)28-2/h3-7,10,13,15H,8-9,11-12,14H2,1-2H3,(H,23,25). The van der Waals surface area contributed by atoms with E-state index in [1.54, 1.807) is 37.6 Å². The summed E-state index contributed by atoms with van der Waals surface area (Å²) in [6.07, 6.45) is 5.38. The second-order valence-electron chi connectivity index (χ2n) is 6.74. The van der Waals surface area contributed by atoms with Crippen molar-refractivity contribution in [2.75, 3.05) is 33.0 Å². The molecule has 148 valence electrons. The van der Waals surface area contributed by atoms with E-state index in [0.29, 0.717) is 42.4 Å². The number of rotatable bonds is 6. The fraction of sp³-hybridized carbons (Fsp3) is 0.381. The van der Waals surface area contributed by atoms with E-state index in [2.05, 4.69) is 10.3 Å². The van der Waals surface area contributed by atoms with Gasteiger partial charge >= 0.3 is 0 Å². The lowest BCUT2D eigenvalue weighted by molar-refractivity contribution is 0.0680. The molecule has 7 heteroatoms. The number of amides is 2. The number of nitrogens with one attached hydrogen (secondary N) is 1. The number of aromatic nitrogens is 1. The summed E-state index contributed by atoms with van der Waals surface area (Å²) in [5.41, 5.74) is 1.26. The first-order valence-electron chi connectivity index (χ1n) is 9.33. The zero-order chi connectivity index (χ0) is 19.9. The monoisotopic (exact) mass is 399 g/mol. The number of benzene rings is 1. The Bertz CT molecular complexity index is 835. The Labute approximate surface area is 169 Å². The lowest BCUT2D eigenvalue weighted by Crippen LogP contribution is -2.41. The van der Waals surface area contributed by atoms with Gasteiger partial charge in [0.25, 0.3) is 11.8 Å². The highest BCUT2D eigenvalue weighted by molar-refractivity contribution is 7.98. The van der Waals surface area contributed by atoms with Crippen LogP contribution in [0.4, 0.5) is 0 Å². The molecular formula is C21H25N3O3S. The second-order valence-corrected chi connectivity index (χ2v) is 7.53. The highest BCUT2D eigenvalue weighted by Gasteiger charge is 2.25. The number of carbonyl (C=O) groups excluding carboxylic acids is 2. The molecule has 1 aliphatic rings. The molecule has 1 aromatic carbocycles. The Kier molecular flexibility index (Phi) is 6.92. The molecule has 1 saturated heterocycles. The number of likely N-dealkylation sites (tertiary alicyclic amines) is 1. The Hall–Kier alpha value is -2.54. The molecule has 2 amide bonds. The van der Waals surface area contributed by atoms with Crippen LogP contribution < -0.4 is 10.1 Å². The summed E-state index contributed by atoms with van der Waals surface area (Å²) < 4.78 is 5.16. The Morgan fingerprint density at radius 1 is 1.25 bits per heavy atom. The summed E-state index contributed by atoms with van der Waals surface area (Å²) in [4.78, 5) is 31.3. The molecular weight excluding hydrogens is 374 g/mol. The van der Waals surface area contributed by atoms with Gasteiger partial charge in [0.2, 0.25) is 0 Å². The van der Waals surface area contributed by atoms with E-state index in [4.69, 9.17) is 4.74 Å². The van der Waals surface area contributed by atoms with E-state index < -0.39 is 0 Å². The summed E-state index contributed by atoms with van der Waals surface area (Å²) in [6, 6.07) is 10.8. The van der Waals surface area contributed by atoms with Gasteiger partial charge in [0, 0.05) is 31.4 Å². The normalized spacial score (nSPS) is 14.6. The van der Waals surface area contributed by atoms with Gasteiger partial charge in [-0.1, -0.05) is 6.07 Å². The van der Waals surface area contributed by atoms with Gasteiger partial charge in [-0.15, -0.1) is 11.8 Å². The molecule has 0 aliphatic carbocycles. The van der Waals surface area contributed by atoms with Crippen molar-refractivity contribution < 1.29 is 14.3 Å². The first-order valence-corrected chi connectivity index (χ1v) is 10.6. The minimum Gasteiger partial charge on any atom is -0.497 e. The van der Waals surface area contributed by atoms with E-state index in [-0.39, 0.29) is 11.8 Å². The predicted octanol–water partition coefficient (Wildman–Crippen LogP) is 3.09. The topological polar surface area (TPSA) is 71.5 Å². The molecule has 0 saturated carbocycles. The van der Waals surface area contributed by atoms with Crippen molar-refractivity contribution in [3.63, 3.8) is 0 Å². The van der Waals surface area contributed by atoms with Gasteiger partial charge < -0.3 is 15.0 Å². The highest BCUT2D eigenvalue weighted by Crippen LogP contribution is 2.23. The molecule has 1 aromatic heterocycles. The zero-order valence-corrected chi connectivity index (χ0v) is 17.0. The van der Waals surface area contributed by atoms with Crippen molar-refractivity contribution in [1.82, 2.24) is 15.2 Å². The minimum atomic E-state index is -0.0996. The molecule has 28 heavy (non-hydrogen) atoms. The third kappa shape index (κ3) is 4.84. The number of hydrogen-bond donors (Lipinski definition) is 1. The number of carbonyl (C=O) groups is 2. The summed E-state index contributed by atoms with van der Waals surface area (Å²) in [6.45, 7) is 2.00. The molecule has 2 heterocycles. The molecule has 2 aromatic rings. The summed E-state index contributed by atoms with van der Waals surface area (Å²) in [7, 11) is 1.58. The molecule has 3 rings (SSSR count). The van der Waals surface area contributed by atoms with Crippen molar-refractivity contribution in [2.24, 2.45) is 5.92 Å². The van der Waals surface area contributed by atoms with Gasteiger partial charge in [-0.3, -0.25) is 9.59 Å². The lowest BCUT2D eigenvalue weighted by Gasteiger charge is -2.32. The van der Waals surface area contributed by atoms with Gasteiger partial charge in [-0.25, -0.2) is 4.98 Å². The number of pyridine rings is 1. The lowest BCUT2D eigenvalue weighted by atomic mass is 9.96. The Morgan fingerprint density at radius 2 is 2.04 bits per heavy atom. The van der Waals surface area contributed by atoms with Crippen molar-refractivity contribution in [3.05, 3.63) is 53.7 Å². The SMILES string of the molecule is COc1cccc(C(=O)NCC2CCN(C(=O)c3cccnc3SC)CC2)c1. The average molecular weight is 400 g/mol. The molecule has 1 fully saturated rings.